The Morgan fingerprint density at radius 1 is 1.37 bits per heavy atom. The van der Waals surface area contributed by atoms with Gasteiger partial charge in [0.25, 0.3) is 5.91 Å². The van der Waals surface area contributed by atoms with Crippen molar-refractivity contribution in [3.8, 4) is 0 Å². The lowest BCUT2D eigenvalue weighted by Crippen LogP contribution is -2.32. The lowest BCUT2D eigenvalue weighted by atomic mass is 10.2. The van der Waals surface area contributed by atoms with E-state index in [0.29, 0.717) is 17.0 Å². The molecule has 0 bridgehead atoms. The Balaban J connectivity index is 2.24. The second-order valence-corrected chi connectivity index (χ2v) is 5.20. The van der Waals surface area contributed by atoms with Gasteiger partial charge < -0.3 is 16.2 Å². The number of nitrogen functional groups attached to an aromatic ring is 1. The molecule has 1 aromatic heterocycles. The normalized spacial score (nSPS) is 12.3. The maximum absolute atomic E-state index is 11.9. The van der Waals surface area contributed by atoms with Crippen molar-refractivity contribution in [2.45, 2.75) is 19.4 Å². The summed E-state index contributed by atoms with van der Waals surface area (Å²) in [5, 5.41) is 0.879. The van der Waals surface area contributed by atoms with Gasteiger partial charge in [-0.05, 0) is 36.1 Å². The van der Waals surface area contributed by atoms with E-state index in [1.807, 2.05) is 6.07 Å². The van der Waals surface area contributed by atoms with E-state index in [-0.39, 0.29) is 0 Å². The number of nitrogens with two attached hydrogens (primary N) is 2. The largest absolute Gasteiger partial charge is 0.448 e. The van der Waals surface area contributed by atoms with Crippen LogP contribution in [0, 0.1) is 0 Å². The van der Waals surface area contributed by atoms with Crippen LogP contribution < -0.4 is 11.5 Å². The first-order valence-electron chi connectivity index (χ1n) is 5.80. The number of carbonyl (C=O) groups excluding carboxylic acids is 2. The van der Waals surface area contributed by atoms with Crippen molar-refractivity contribution in [2.24, 2.45) is 5.73 Å². The lowest BCUT2D eigenvalue weighted by Gasteiger charge is -2.11. The molecule has 1 unspecified atom stereocenters. The molecule has 2 aromatic rings. The number of amides is 1. The molecule has 19 heavy (non-hydrogen) atoms. The Morgan fingerprint density at radius 3 is 2.74 bits per heavy atom. The third kappa shape index (κ3) is 2.85. The van der Waals surface area contributed by atoms with Gasteiger partial charge in [0.2, 0.25) is 0 Å². The second-order valence-electron chi connectivity index (χ2n) is 4.11. The quantitative estimate of drug-likeness (QED) is 0.659. The van der Waals surface area contributed by atoms with Crippen molar-refractivity contribution >= 4 is 39.0 Å². The van der Waals surface area contributed by atoms with Crippen LogP contribution in [-0.2, 0) is 9.53 Å². The Morgan fingerprint density at radius 2 is 2.11 bits per heavy atom. The molecule has 0 radical (unpaired) electrons. The van der Waals surface area contributed by atoms with Crippen LogP contribution in [0.3, 0.4) is 0 Å². The number of carbonyl (C=O) groups is 2. The van der Waals surface area contributed by atoms with E-state index in [0.717, 1.165) is 10.1 Å². The number of benzene rings is 1. The molecular weight excluding hydrogens is 264 g/mol. The van der Waals surface area contributed by atoms with Crippen molar-refractivity contribution in [2.75, 3.05) is 5.73 Å². The molecule has 0 aliphatic rings. The number of primary amides is 1. The highest BCUT2D eigenvalue weighted by atomic mass is 32.1. The number of rotatable bonds is 4. The molecule has 0 saturated carbocycles. The maximum Gasteiger partial charge on any atom is 0.349 e. The predicted octanol–water partition coefficient (Wildman–Crippen LogP) is 1.90. The summed E-state index contributed by atoms with van der Waals surface area (Å²) in [7, 11) is 0. The number of esters is 1. The van der Waals surface area contributed by atoms with Crippen LogP contribution in [0.15, 0.2) is 24.3 Å². The maximum atomic E-state index is 11.9. The van der Waals surface area contributed by atoms with Crippen LogP contribution in [0.25, 0.3) is 10.1 Å². The molecular formula is C13H14N2O3S. The molecule has 100 valence electrons. The summed E-state index contributed by atoms with van der Waals surface area (Å²) in [4.78, 5) is 23.4. The molecule has 1 heterocycles. The number of thiophene rings is 1. The van der Waals surface area contributed by atoms with E-state index in [1.54, 1.807) is 25.1 Å². The second kappa shape index (κ2) is 5.27. The minimum atomic E-state index is -0.886. The lowest BCUT2D eigenvalue weighted by molar-refractivity contribution is -0.126. The monoisotopic (exact) mass is 278 g/mol. The summed E-state index contributed by atoms with van der Waals surface area (Å²) in [6, 6.07) is 7.10. The highest BCUT2D eigenvalue weighted by Gasteiger charge is 2.20. The standard InChI is InChI=1S/C13H14N2O3S/c1-2-9(12(15)16)18-13(17)11-6-7-5-8(14)3-4-10(7)19-11/h3-6,9H,2,14H2,1H3,(H2,15,16). The van der Waals surface area contributed by atoms with Gasteiger partial charge in [0.05, 0.1) is 0 Å². The zero-order valence-corrected chi connectivity index (χ0v) is 11.2. The summed E-state index contributed by atoms with van der Waals surface area (Å²) in [5.41, 5.74) is 11.5. The van der Waals surface area contributed by atoms with Gasteiger partial charge in [0.15, 0.2) is 6.10 Å². The minimum absolute atomic E-state index is 0.360. The van der Waals surface area contributed by atoms with Crippen LogP contribution in [-0.4, -0.2) is 18.0 Å². The van der Waals surface area contributed by atoms with E-state index < -0.39 is 18.0 Å². The number of anilines is 1. The Labute approximate surface area is 114 Å². The average molecular weight is 278 g/mol. The number of hydrogen-bond acceptors (Lipinski definition) is 5. The molecule has 0 aliphatic heterocycles. The number of hydrogen-bond donors (Lipinski definition) is 2. The van der Waals surface area contributed by atoms with E-state index in [4.69, 9.17) is 16.2 Å². The Bertz CT molecular complexity index is 636. The van der Waals surface area contributed by atoms with E-state index in [1.165, 1.54) is 11.3 Å². The molecule has 0 saturated heterocycles. The molecule has 2 rings (SSSR count). The molecule has 6 heteroatoms. The molecule has 0 fully saturated rings. The fraction of sp³-hybridized carbons (Fsp3) is 0.231. The van der Waals surface area contributed by atoms with Crippen LogP contribution >= 0.6 is 11.3 Å². The topological polar surface area (TPSA) is 95.4 Å². The van der Waals surface area contributed by atoms with E-state index in [9.17, 15) is 9.59 Å². The molecule has 5 nitrogen and oxygen atoms in total. The smallest absolute Gasteiger partial charge is 0.349 e. The van der Waals surface area contributed by atoms with Gasteiger partial charge >= 0.3 is 5.97 Å². The summed E-state index contributed by atoms with van der Waals surface area (Å²) < 4.78 is 6.01. The van der Waals surface area contributed by atoms with Crippen LogP contribution in [0.5, 0.6) is 0 Å². The molecule has 1 atom stereocenters. The summed E-state index contributed by atoms with van der Waals surface area (Å²) in [5.74, 6) is -1.17. The first kappa shape index (κ1) is 13.4. The SMILES string of the molecule is CCC(OC(=O)c1cc2cc(N)ccc2s1)C(N)=O. The van der Waals surface area contributed by atoms with Gasteiger partial charge in [-0.1, -0.05) is 6.92 Å². The van der Waals surface area contributed by atoms with Crippen molar-refractivity contribution in [3.63, 3.8) is 0 Å². The van der Waals surface area contributed by atoms with Crippen LogP contribution in [0.2, 0.25) is 0 Å². The first-order chi connectivity index (χ1) is 9.01. The fourth-order valence-corrected chi connectivity index (χ4v) is 2.62. The molecule has 4 N–H and O–H groups in total. The molecule has 1 aromatic carbocycles. The van der Waals surface area contributed by atoms with Gasteiger partial charge in [0.1, 0.15) is 4.88 Å². The van der Waals surface area contributed by atoms with Gasteiger partial charge in [-0.2, -0.15) is 0 Å². The van der Waals surface area contributed by atoms with Crippen molar-refractivity contribution in [1.29, 1.82) is 0 Å². The third-order valence-corrected chi connectivity index (χ3v) is 3.78. The van der Waals surface area contributed by atoms with Crippen molar-refractivity contribution in [1.82, 2.24) is 0 Å². The van der Waals surface area contributed by atoms with Gasteiger partial charge in [0, 0.05) is 10.4 Å². The fourth-order valence-electron chi connectivity index (χ4n) is 1.69. The highest BCUT2D eigenvalue weighted by Crippen LogP contribution is 2.28. The van der Waals surface area contributed by atoms with E-state index in [2.05, 4.69) is 0 Å². The van der Waals surface area contributed by atoms with Gasteiger partial charge in [-0.15, -0.1) is 11.3 Å². The zero-order chi connectivity index (χ0) is 14.0. The van der Waals surface area contributed by atoms with Gasteiger partial charge in [-0.25, -0.2) is 4.79 Å². The number of ether oxygens (including phenoxy) is 1. The van der Waals surface area contributed by atoms with Crippen molar-refractivity contribution < 1.29 is 14.3 Å². The van der Waals surface area contributed by atoms with Crippen LogP contribution in [0.1, 0.15) is 23.0 Å². The minimum Gasteiger partial charge on any atom is -0.448 e. The third-order valence-electron chi connectivity index (χ3n) is 2.68. The predicted molar refractivity (Wildman–Crippen MR) is 74.9 cm³/mol. The summed E-state index contributed by atoms with van der Waals surface area (Å²) >= 11 is 1.30. The average Bonchev–Trinajstić information content (AvgIpc) is 2.78. The van der Waals surface area contributed by atoms with Crippen molar-refractivity contribution in [3.05, 3.63) is 29.1 Å². The van der Waals surface area contributed by atoms with E-state index >= 15 is 0 Å². The zero-order valence-electron chi connectivity index (χ0n) is 10.4. The Kier molecular flexibility index (Phi) is 3.71. The Hall–Kier alpha value is -2.08. The summed E-state index contributed by atoms with van der Waals surface area (Å²) in [6.45, 7) is 1.73. The molecule has 0 spiro atoms. The summed E-state index contributed by atoms with van der Waals surface area (Å²) in [6.07, 6.45) is -0.526. The highest BCUT2D eigenvalue weighted by molar-refractivity contribution is 7.20. The first-order valence-corrected chi connectivity index (χ1v) is 6.62. The van der Waals surface area contributed by atoms with Gasteiger partial charge in [-0.3, -0.25) is 4.79 Å². The molecule has 0 aliphatic carbocycles. The number of fused-ring (bicyclic) bond motifs is 1. The van der Waals surface area contributed by atoms with Crippen LogP contribution in [0.4, 0.5) is 5.69 Å². The molecule has 1 amide bonds.